The number of amides is 2. The molecule has 222 valence electrons. The average molecular weight is 613 g/mol. The second kappa shape index (κ2) is 13.2. The van der Waals surface area contributed by atoms with Crippen LogP contribution in [-0.2, 0) is 29.0 Å². The molecule has 2 heterocycles. The van der Waals surface area contributed by atoms with E-state index in [1.807, 2.05) is 6.07 Å². The molecule has 0 aromatic heterocycles. The van der Waals surface area contributed by atoms with Crippen LogP contribution in [0.2, 0.25) is 5.02 Å². The maximum absolute atomic E-state index is 14.1. The third-order valence-electron chi connectivity index (χ3n) is 7.64. The first kappa shape index (κ1) is 30.0. The molecular weight excluding hydrogens is 580 g/mol. The topological polar surface area (TPSA) is 111 Å². The van der Waals surface area contributed by atoms with E-state index in [0.717, 1.165) is 12.8 Å². The molecule has 2 unspecified atom stereocenters. The number of ether oxygens (including phenoxy) is 2. The lowest BCUT2D eigenvalue weighted by atomic mass is 9.90. The lowest BCUT2D eigenvalue weighted by Crippen LogP contribution is -2.43. The van der Waals surface area contributed by atoms with E-state index in [1.165, 1.54) is 4.90 Å². The Morgan fingerprint density at radius 2 is 1.64 bits per heavy atom. The summed E-state index contributed by atoms with van der Waals surface area (Å²) in [5.74, 6) is -0.0764. The van der Waals surface area contributed by atoms with Crippen molar-refractivity contribution in [1.82, 2.24) is 10.4 Å². The van der Waals surface area contributed by atoms with Crippen molar-refractivity contribution in [3.63, 3.8) is 0 Å². The van der Waals surface area contributed by atoms with Gasteiger partial charge in [0, 0.05) is 36.7 Å². The molecule has 3 aromatic rings. The fourth-order valence-electron chi connectivity index (χ4n) is 5.30. The molecule has 2 atom stereocenters. The van der Waals surface area contributed by atoms with Gasteiger partial charge in [-0.3, -0.25) is 9.59 Å². The Labute approximate surface area is 250 Å². The summed E-state index contributed by atoms with van der Waals surface area (Å²) in [6.07, 6.45) is 1.54. The molecule has 0 saturated carbocycles. The lowest BCUT2D eigenvalue weighted by molar-refractivity contribution is -0.200. The van der Waals surface area contributed by atoms with Crippen molar-refractivity contribution in [2.24, 2.45) is 0 Å². The Bertz CT molecular complexity index is 1480. The van der Waals surface area contributed by atoms with Gasteiger partial charge >= 0.3 is 0 Å². The summed E-state index contributed by atoms with van der Waals surface area (Å²) < 4.78 is 37.9. The summed E-state index contributed by atoms with van der Waals surface area (Å²) in [5.41, 5.74) is 3.33. The highest BCUT2D eigenvalue weighted by atomic mass is 35.5. The predicted octanol–water partition coefficient (Wildman–Crippen LogP) is 5.25. The number of carbonyl (C=O) groups excluding carboxylic acids is 2. The number of benzene rings is 3. The van der Waals surface area contributed by atoms with Crippen LogP contribution in [0.4, 0.5) is 0 Å². The van der Waals surface area contributed by atoms with E-state index < -0.39 is 26.8 Å². The minimum atomic E-state index is -3.94. The Hall–Kier alpha value is -3.44. The molecule has 1 N–H and O–H groups in total. The number of hydrogen-bond donors (Lipinski definition) is 1. The molecule has 0 radical (unpaired) electrons. The molecule has 2 saturated heterocycles. The fourth-order valence-corrected chi connectivity index (χ4v) is 7.52. The van der Waals surface area contributed by atoms with Gasteiger partial charge in [-0.1, -0.05) is 41.9 Å². The Balaban J connectivity index is 1.41. The Kier molecular flexibility index (Phi) is 9.47. The van der Waals surface area contributed by atoms with Crippen molar-refractivity contribution in [2.75, 3.05) is 25.4 Å². The summed E-state index contributed by atoms with van der Waals surface area (Å²) in [6, 6.07) is 22.3. The highest BCUT2D eigenvalue weighted by Gasteiger charge is 2.49. The van der Waals surface area contributed by atoms with Crippen LogP contribution in [0.25, 0.3) is 0 Å². The standard InChI is InChI=1S/C31H33ClN2O7S/c32-25-11-15-27(16-12-25)40-26-13-9-24(10-14-26)31(22-28(35)33-41-29-8-4-5-20-39-29)17-18-34(19-21-42(31,37)38)30(36)23-6-2-1-3-7-23/h1-3,6-7,9-16,29H,4-5,8,17-22H2,(H,33,35). The van der Waals surface area contributed by atoms with Crippen LogP contribution in [0.15, 0.2) is 78.9 Å². The van der Waals surface area contributed by atoms with Crippen LogP contribution < -0.4 is 10.2 Å². The zero-order valence-electron chi connectivity index (χ0n) is 23.0. The summed E-state index contributed by atoms with van der Waals surface area (Å²) in [6.45, 7) is 0.702. The third-order valence-corrected chi connectivity index (χ3v) is 10.4. The SMILES string of the molecule is O=C(CC1(c2ccc(Oc3ccc(Cl)cc3)cc2)CCN(C(=O)c2ccccc2)CCS1(=O)=O)NOC1CCCCO1. The molecule has 2 fully saturated rings. The van der Waals surface area contributed by atoms with Gasteiger partial charge in [-0.2, -0.15) is 0 Å². The predicted molar refractivity (Wildman–Crippen MR) is 158 cm³/mol. The first-order chi connectivity index (χ1) is 20.3. The first-order valence-electron chi connectivity index (χ1n) is 13.9. The van der Waals surface area contributed by atoms with E-state index in [0.29, 0.717) is 40.7 Å². The first-order valence-corrected chi connectivity index (χ1v) is 16.0. The van der Waals surface area contributed by atoms with Crippen molar-refractivity contribution < 1.29 is 32.3 Å². The summed E-state index contributed by atoms with van der Waals surface area (Å²) in [4.78, 5) is 33.5. The Morgan fingerprint density at radius 1 is 0.952 bits per heavy atom. The zero-order valence-corrected chi connectivity index (χ0v) is 24.6. The maximum Gasteiger partial charge on any atom is 0.253 e. The quantitative estimate of drug-likeness (QED) is 0.346. The minimum Gasteiger partial charge on any atom is -0.457 e. The molecule has 5 rings (SSSR count). The molecule has 42 heavy (non-hydrogen) atoms. The average Bonchev–Trinajstić information content (AvgIpc) is 3.14. The molecule has 2 aliphatic rings. The van der Waals surface area contributed by atoms with Gasteiger partial charge in [0.25, 0.3) is 5.91 Å². The number of halogens is 1. The van der Waals surface area contributed by atoms with Gasteiger partial charge in [-0.05, 0) is 73.4 Å². The fraction of sp³-hybridized carbons (Fsp3) is 0.355. The van der Waals surface area contributed by atoms with Crippen molar-refractivity contribution >= 4 is 33.3 Å². The summed E-state index contributed by atoms with van der Waals surface area (Å²) >= 11 is 5.96. The Morgan fingerprint density at radius 3 is 2.31 bits per heavy atom. The number of hydroxylamine groups is 1. The number of rotatable bonds is 8. The summed E-state index contributed by atoms with van der Waals surface area (Å²) in [5, 5.41) is 0.579. The molecule has 2 aliphatic heterocycles. The monoisotopic (exact) mass is 612 g/mol. The highest BCUT2D eigenvalue weighted by Crippen LogP contribution is 2.41. The van der Waals surface area contributed by atoms with Crippen molar-refractivity contribution in [3.05, 3.63) is 95.0 Å². The number of sulfone groups is 1. The van der Waals surface area contributed by atoms with E-state index in [9.17, 15) is 18.0 Å². The minimum absolute atomic E-state index is 0.0175. The molecule has 0 bridgehead atoms. The van der Waals surface area contributed by atoms with Crippen molar-refractivity contribution in [2.45, 2.75) is 43.1 Å². The van der Waals surface area contributed by atoms with Crippen LogP contribution in [-0.4, -0.2) is 56.9 Å². The van der Waals surface area contributed by atoms with Crippen LogP contribution in [0.5, 0.6) is 11.5 Å². The van der Waals surface area contributed by atoms with E-state index in [2.05, 4.69) is 5.48 Å². The highest BCUT2D eigenvalue weighted by molar-refractivity contribution is 7.92. The van der Waals surface area contributed by atoms with Gasteiger partial charge in [0.1, 0.15) is 16.2 Å². The van der Waals surface area contributed by atoms with E-state index >= 15 is 0 Å². The molecule has 0 spiro atoms. The van der Waals surface area contributed by atoms with Gasteiger partial charge in [0.05, 0.1) is 12.2 Å². The molecule has 3 aromatic carbocycles. The largest absolute Gasteiger partial charge is 0.457 e. The van der Waals surface area contributed by atoms with Crippen molar-refractivity contribution in [1.29, 1.82) is 0 Å². The molecule has 2 amide bonds. The zero-order chi connectivity index (χ0) is 29.6. The smallest absolute Gasteiger partial charge is 0.253 e. The van der Waals surface area contributed by atoms with Crippen LogP contribution in [0, 0.1) is 0 Å². The van der Waals surface area contributed by atoms with E-state index in [4.69, 9.17) is 25.9 Å². The normalized spacial score (nSPS) is 22.1. The van der Waals surface area contributed by atoms with Crippen LogP contribution in [0.1, 0.15) is 48.0 Å². The van der Waals surface area contributed by atoms with Gasteiger partial charge < -0.3 is 14.4 Å². The molecule has 11 heteroatoms. The van der Waals surface area contributed by atoms with E-state index in [-0.39, 0.29) is 37.6 Å². The molecular formula is C31H33ClN2O7S. The number of carbonyl (C=O) groups is 2. The van der Waals surface area contributed by atoms with Gasteiger partial charge in [-0.15, -0.1) is 0 Å². The molecule has 9 nitrogen and oxygen atoms in total. The second-order valence-electron chi connectivity index (χ2n) is 10.4. The van der Waals surface area contributed by atoms with Crippen molar-refractivity contribution in [3.8, 4) is 11.5 Å². The summed E-state index contributed by atoms with van der Waals surface area (Å²) in [7, 11) is -3.94. The van der Waals surface area contributed by atoms with Crippen LogP contribution in [0.3, 0.4) is 0 Å². The maximum atomic E-state index is 14.1. The number of hydrogen-bond acceptors (Lipinski definition) is 7. The second-order valence-corrected chi connectivity index (χ2v) is 13.3. The van der Waals surface area contributed by atoms with Gasteiger partial charge in [0.2, 0.25) is 5.91 Å². The van der Waals surface area contributed by atoms with Gasteiger partial charge in [-0.25, -0.2) is 18.7 Å². The van der Waals surface area contributed by atoms with E-state index in [1.54, 1.807) is 72.8 Å². The third kappa shape index (κ3) is 6.95. The van der Waals surface area contributed by atoms with Gasteiger partial charge in [0.15, 0.2) is 16.1 Å². The number of nitrogens with zero attached hydrogens (tertiary/aromatic N) is 1. The van der Waals surface area contributed by atoms with Crippen LogP contribution >= 0.6 is 11.6 Å². The number of nitrogens with one attached hydrogen (secondary N) is 1. The molecule has 0 aliphatic carbocycles. The lowest BCUT2D eigenvalue weighted by Gasteiger charge is -2.32.